The minimum absolute atomic E-state index is 0.184. The minimum Gasteiger partial charge on any atom is -0.459 e. The lowest BCUT2D eigenvalue weighted by atomic mass is 10.2. The number of amides is 1. The predicted molar refractivity (Wildman–Crippen MR) is 80.2 cm³/mol. The van der Waals surface area contributed by atoms with E-state index >= 15 is 0 Å². The van der Waals surface area contributed by atoms with E-state index in [-0.39, 0.29) is 18.1 Å². The van der Waals surface area contributed by atoms with Crippen molar-refractivity contribution in [3.8, 4) is 5.95 Å². The molecule has 2 aromatic rings. The zero-order valence-corrected chi connectivity index (χ0v) is 13.0. The summed E-state index contributed by atoms with van der Waals surface area (Å²) >= 11 is 0. The molecule has 9 heteroatoms. The molecule has 0 saturated carbocycles. The summed E-state index contributed by atoms with van der Waals surface area (Å²) in [6.07, 6.45) is 4.25. The van der Waals surface area contributed by atoms with Crippen LogP contribution in [0.5, 0.6) is 0 Å². The fourth-order valence-electron chi connectivity index (χ4n) is 1.68. The molecule has 0 unspecified atom stereocenters. The molecule has 0 fully saturated rings. The maximum atomic E-state index is 11.9. The Bertz CT molecular complexity index is 758. The van der Waals surface area contributed by atoms with E-state index in [1.165, 1.54) is 10.9 Å². The molecule has 0 spiro atoms. The first-order valence-electron chi connectivity index (χ1n) is 6.85. The van der Waals surface area contributed by atoms with Gasteiger partial charge in [0, 0.05) is 18.6 Å². The van der Waals surface area contributed by atoms with Crippen LogP contribution in [0.1, 0.15) is 31.1 Å². The van der Waals surface area contributed by atoms with E-state index in [2.05, 4.69) is 20.4 Å². The lowest BCUT2D eigenvalue weighted by molar-refractivity contribution is -0.153. The summed E-state index contributed by atoms with van der Waals surface area (Å²) in [4.78, 5) is 41.8. The summed E-state index contributed by atoms with van der Waals surface area (Å²) in [6, 6.07) is 1.67. The molecule has 0 aliphatic rings. The van der Waals surface area contributed by atoms with Crippen LogP contribution in [0.15, 0.2) is 29.5 Å². The molecule has 9 nitrogen and oxygen atoms in total. The molecule has 0 aliphatic heterocycles. The smallest absolute Gasteiger partial charge is 0.325 e. The number of nitrogens with one attached hydrogen (secondary N) is 2. The molecule has 2 N–H and O–H groups in total. The summed E-state index contributed by atoms with van der Waals surface area (Å²) in [5.41, 5.74) is -1.48. The topological polar surface area (TPSA) is 119 Å². The normalized spacial score (nSPS) is 11.1. The molecule has 0 aromatic carbocycles. The van der Waals surface area contributed by atoms with Gasteiger partial charge in [0.2, 0.25) is 5.95 Å². The Morgan fingerprint density at radius 1 is 1.39 bits per heavy atom. The highest BCUT2D eigenvalue weighted by Crippen LogP contribution is 2.06. The number of carbonyl (C=O) groups is 2. The van der Waals surface area contributed by atoms with E-state index < -0.39 is 23.0 Å². The molecule has 2 rings (SSSR count). The Kier molecular flexibility index (Phi) is 4.58. The van der Waals surface area contributed by atoms with Gasteiger partial charge in [-0.15, -0.1) is 0 Å². The molecule has 0 radical (unpaired) electrons. The van der Waals surface area contributed by atoms with Crippen molar-refractivity contribution in [1.82, 2.24) is 25.1 Å². The summed E-state index contributed by atoms with van der Waals surface area (Å²) < 4.78 is 6.41. The van der Waals surface area contributed by atoms with Crippen molar-refractivity contribution < 1.29 is 14.3 Å². The molecule has 2 aromatic heterocycles. The van der Waals surface area contributed by atoms with E-state index in [0.717, 1.165) is 6.20 Å². The van der Waals surface area contributed by atoms with Crippen LogP contribution in [0, 0.1) is 0 Å². The van der Waals surface area contributed by atoms with E-state index in [4.69, 9.17) is 4.74 Å². The van der Waals surface area contributed by atoms with Gasteiger partial charge >= 0.3 is 5.97 Å². The highest BCUT2D eigenvalue weighted by atomic mass is 16.6. The molecule has 2 heterocycles. The summed E-state index contributed by atoms with van der Waals surface area (Å²) in [7, 11) is 0. The van der Waals surface area contributed by atoms with Gasteiger partial charge < -0.3 is 10.1 Å². The predicted octanol–water partition coefficient (Wildman–Crippen LogP) is 0.0271. The van der Waals surface area contributed by atoms with Gasteiger partial charge in [-0.25, -0.2) is 9.67 Å². The zero-order chi connectivity index (χ0) is 17.0. The van der Waals surface area contributed by atoms with Crippen LogP contribution in [0.25, 0.3) is 5.95 Å². The third-order valence-corrected chi connectivity index (χ3v) is 2.57. The number of ether oxygens (including phenoxy) is 1. The highest BCUT2D eigenvalue weighted by molar-refractivity contribution is 5.95. The van der Waals surface area contributed by atoms with Crippen molar-refractivity contribution in [2.75, 3.05) is 6.54 Å². The molecule has 0 atom stereocenters. The standard InChI is InChI=1S/C14H17N5O4/c1-14(2,3)23-10(20)8-15-11(21)9-7-16-13(18-12(9)22)19-6-4-5-17-19/h4-7H,8H2,1-3H3,(H,15,21)(H,16,18,22). The quantitative estimate of drug-likeness (QED) is 0.767. The van der Waals surface area contributed by atoms with E-state index in [1.807, 2.05) is 0 Å². The van der Waals surface area contributed by atoms with Gasteiger partial charge in [0.05, 0.1) is 0 Å². The fraction of sp³-hybridized carbons (Fsp3) is 0.357. The molecule has 1 amide bonds. The van der Waals surface area contributed by atoms with Gasteiger partial charge in [0.25, 0.3) is 11.5 Å². The first-order chi connectivity index (χ1) is 10.8. The van der Waals surface area contributed by atoms with Gasteiger partial charge in [0.15, 0.2) is 0 Å². The second-order valence-electron chi connectivity index (χ2n) is 5.67. The number of aromatic nitrogens is 4. The Labute approximate surface area is 131 Å². The van der Waals surface area contributed by atoms with Crippen LogP contribution < -0.4 is 10.9 Å². The van der Waals surface area contributed by atoms with Crippen molar-refractivity contribution in [2.45, 2.75) is 26.4 Å². The third-order valence-electron chi connectivity index (χ3n) is 2.57. The Balaban J connectivity index is 2.03. The summed E-state index contributed by atoms with van der Waals surface area (Å²) in [5, 5.41) is 6.24. The molecule has 0 saturated heterocycles. The summed E-state index contributed by atoms with van der Waals surface area (Å²) in [5.74, 6) is -1.12. The number of H-pyrrole nitrogens is 1. The van der Waals surface area contributed by atoms with Gasteiger partial charge in [-0.2, -0.15) is 5.10 Å². The van der Waals surface area contributed by atoms with E-state index in [0.29, 0.717) is 0 Å². The van der Waals surface area contributed by atoms with Gasteiger partial charge in [-0.05, 0) is 26.8 Å². The van der Waals surface area contributed by atoms with Gasteiger partial charge in [-0.1, -0.05) is 0 Å². The van der Waals surface area contributed by atoms with Crippen molar-refractivity contribution in [1.29, 1.82) is 0 Å². The first-order valence-corrected chi connectivity index (χ1v) is 6.85. The molecular formula is C14H17N5O4. The Morgan fingerprint density at radius 2 is 2.13 bits per heavy atom. The number of nitrogens with zero attached hydrogens (tertiary/aromatic N) is 3. The van der Waals surface area contributed by atoms with Gasteiger partial charge in [0.1, 0.15) is 17.7 Å². The first kappa shape index (κ1) is 16.4. The van der Waals surface area contributed by atoms with E-state index in [1.54, 1.807) is 33.0 Å². The maximum absolute atomic E-state index is 11.9. The van der Waals surface area contributed by atoms with E-state index in [9.17, 15) is 14.4 Å². The van der Waals surface area contributed by atoms with Crippen LogP contribution >= 0.6 is 0 Å². The number of aromatic amines is 1. The van der Waals surface area contributed by atoms with Crippen LogP contribution in [0.4, 0.5) is 0 Å². The Hall–Kier alpha value is -2.97. The molecule has 0 aliphatic carbocycles. The van der Waals surface area contributed by atoms with Crippen molar-refractivity contribution >= 4 is 11.9 Å². The van der Waals surface area contributed by atoms with Crippen molar-refractivity contribution in [2.24, 2.45) is 0 Å². The van der Waals surface area contributed by atoms with Crippen molar-refractivity contribution in [3.05, 3.63) is 40.6 Å². The van der Waals surface area contributed by atoms with Crippen LogP contribution in [-0.2, 0) is 9.53 Å². The molecule has 23 heavy (non-hydrogen) atoms. The zero-order valence-electron chi connectivity index (χ0n) is 13.0. The SMILES string of the molecule is CC(C)(C)OC(=O)CNC(=O)c1cnc(-n2cccn2)[nH]c1=O. The highest BCUT2D eigenvalue weighted by Gasteiger charge is 2.18. The number of hydrogen-bond donors (Lipinski definition) is 2. The largest absolute Gasteiger partial charge is 0.459 e. The average Bonchev–Trinajstić information content (AvgIpc) is 2.97. The second-order valence-corrected chi connectivity index (χ2v) is 5.67. The molecule has 0 bridgehead atoms. The van der Waals surface area contributed by atoms with Crippen LogP contribution in [-0.4, -0.2) is 43.8 Å². The van der Waals surface area contributed by atoms with Crippen molar-refractivity contribution in [3.63, 3.8) is 0 Å². The number of rotatable bonds is 4. The number of hydrogen-bond acceptors (Lipinski definition) is 6. The lowest BCUT2D eigenvalue weighted by Crippen LogP contribution is -2.37. The fourth-order valence-corrected chi connectivity index (χ4v) is 1.68. The second kappa shape index (κ2) is 6.42. The average molecular weight is 319 g/mol. The third kappa shape index (κ3) is 4.50. The van der Waals surface area contributed by atoms with Gasteiger partial charge in [-0.3, -0.25) is 19.4 Å². The Morgan fingerprint density at radius 3 is 2.70 bits per heavy atom. The molecular weight excluding hydrogens is 302 g/mol. The summed E-state index contributed by atoms with van der Waals surface area (Å²) in [6.45, 7) is 4.82. The van der Waals surface area contributed by atoms with Crippen LogP contribution in [0.2, 0.25) is 0 Å². The number of carbonyl (C=O) groups excluding carboxylic acids is 2. The van der Waals surface area contributed by atoms with Crippen LogP contribution in [0.3, 0.4) is 0 Å². The molecule has 122 valence electrons. The maximum Gasteiger partial charge on any atom is 0.325 e. The number of esters is 1. The minimum atomic E-state index is -0.711. The monoisotopic (exact) mass is 319 g/mol. The lowest BCUT2D eigenvalue weighted by Gasteiger charge is -2.19.